The lowest BCUT2D eigenvalue weighted by atomic mass is 10.2. The Morgan fingerprint density at radius 2 is 2.00 bits per heavy atom. The first-order chi connectivity index (χ1) is 12.6. The van der Waals surface area contributed by atoms with Crippen molar-refractivity contribution in [1.82, 2.24) is 9.78 Å². The summed E-state index contributed by atoms with van der Waals surface area (Å²) >= 11 is 3.44. The molecule has 0 aliphatic heterocycles. The van der Waals surface area contributed by atoms with Crippen LogP contribution in [0, 0.1) is 13.8 Å². The smallest absolute Gasteiger partial charge is 0.416 e. The number of aryl methyl sites for hydroxylation is 1. The molecular formula is C18H15BrF3N3O2. The molecule has 1 amide bonds. The highest BCUT2D eigenvalue weighted by Gasteiger charge is 2.30. The molecule has 0 radical (unpaired) electrons. The van der Waals surface area contributed by atoms with Crippen LogP contribution in [-0.2, 0) is 12.7 Å². The lowest BCUT2D eigenvalue weighted by Gasteiger charge is -2.09. The number of aromatic nitrogens is 2. The summed E-state index contributed by atoms with van der Waals surface area (Å²) in [5.41, 5.74) is 0.950. The van der Waals surface area contributed by atoms with Crippen molar-refractivity contribution < 1.29 is 22.4 Å². The Balaban J connectivity index is 1.73. The van der Waals surface area contributed by atoms with Crippen LogP contribution in [0.5, 0.6) is 0 Å². The third-order valence-electron chi connectivity index (χ3n) is 3.93. The second-order valence-corrected chi connectivity index (χ2v) is 6.73. The van der Waals surface area contributed by atoms with E-state index in [0.29, 0.717) is 12.3 Å². The van der Waals surface area contributed by atoms with E-state index in [-0.39, 0.29) is 11.4 Å². The number of anilines is 1. The summed E-state index contributed by atoms with van der Waals surface area (Å²) in [6, 6.07) is 7.52. The number of nitrogens with one attached hydrogen (secondary N) is 1. The molecule has 2 aromatic heterocycles. The summed E-state index contributed by atoms with van der Waals surface area (Å²) in [5, 5.41) is 6.77. The van der Waals surface area contributed by atoms with Crippen LogP contribution in [-0.4, -0.2) is 15.7 Å². The topological polar surface area (TPSA) is 60.1 Å². The van der Waals surface area contributed by atoms with Gasteiger partial charge in [0.05, 0.1) is 28.0 Å². The Bertz CT molecular complexity index is 992. The van der Waals surface area contributed by atoms with Crippen molar-refractivity contribution in [1.29, 1.82) is 0 Å². The summed E-state index contributed by atoms with van der Waals surface area (Å²) in [4.78, 5) is 12.2. The molecular weight excluding hydrogens is 427 g/mol. The van der Waals surface area contributed by atoms with Crippen molar-refractivity contribution in [3.8, 4) is 0 Å². The number of amides is 1. The highest BCUT2D eigenvalue weighted by molar-refractivity contribution is 9.10. The first kappa shape index (κ1) is 19.2. The molecule has 142 valence electrons. The fourth-order valence-electron chi connectivity index (χ4n) is 2.53. The predicted molar refractivity (Wildman–Crippen MR) is 96.6 cm³/mol. The molecule has 0 saturated carbocycles. The van der Waals surface area contributed by atoms with Crippen molar-refractivity contribution in [3.63, 3.8) is 0 Å². The number of halogens is 4. The second kappa shape index (κ2) is 7.22. The molecule has 5 nitrogen and oxygen atoms in total. The number of nitrogens with zero attached hydrogens (tertiary/aromatic N) is 2. The normalized spacial score (nSPS) is 11.6. The Kier molecular flexibility index (Phi) is 5.14. The van der Waals surface area contributed by atoms with E-state index in [9.17, 15) is 18.0 Å². The zero-order valence-electron chi connectivity index (χ0n) is 14.4. The van der Waals surface area contributed by atoms with Gasteiger partial charge in [0.25, 0.3) is 5.91 Å². The average Bonchev–Trinajstić information content (AvgIpc) is 3.16. The van der Waals surface area contributed by atoms with Crippen molar-refractivity contribution in [2.45, 2.75) is 26.6 Å². The Morgan fingerprint density at radius 1 is 1.26 bits per heavy atom. The van der Waals surface area contributed by atoms with Gasteiger partial charge in [0.1, 0.15) is 5.76 Å². The van der Waals surface area contributed by atoms with Crippen LogP contribution in [0.15, 0.2) is 45.3 Å². The van der Waals surface area contributed by atoms with Crippen LogP contribution >= 0.6 is 15.9 Å². The third kappa shape index (κ3) is 4.24. The number of carbonyl (C=O) groups is 1. The molecule has 1 N–H and O–H groups in total. The summed E-state index contributed by atoms with van der Waals surface area (Å²) in [7, 11) is 0. The number of furan rings is 1. The minimum Gasteiger partial charge on any atom is -0.454 e. The minimum absolute atomic E-state index is 0.00279. The summed E-state index contributed by atoms with van der Waals surface area (Å²) < 4.78 is 46.4. The standard InChI is InChI=1S/C18H15BrF3N3O2/c1-10-16(19)11(2)25(24-10)9-14-6-7-15(27-14)17(26)23-13-5-3-4-12(8-13)18(20,21)22/h3-8H,9H2,1-2H3,(H,23,26). The van der Waals surface area contributed by atoms with Crippen molar-refractivity contribution in [2.75, 3.05) is 5.32 Å². The predicted octanol–water partition coefficient (Wildman–Crippen LogP) is 5.17. The van der Waals surface area contributed by atoms with Crippen LogP contribution in [0.4, 0.5) is 18.9 Å². The zero-order chi connectivity index (χ0) is 19.8. The summed E-state index contributed by atoms with van der Waals surface area (Å²) in [6.45, 7) is 4.09. The van der Waals surface area contributed by atoms with Crippen LogP contribution in [0.1, 0.15) is 33.3 Å². The highest BCUT2D eigenvalue weighted by atomic mass is 79.9. The van der Waals surface area contributed by atoms with Crippen molar-refractivity contribution in [3.05, 3.63) is 69.3 Å². The number of alkyl halides is 3. The van der Waals surface area contributed by atoms with Crippen LogP contribution in [0.25, 0.3) is 0 Å². The Labute approximate surface area is 161 Å². The lowest BCUT2D eigenvalue weighted by Crippen LogP contribution is -2.12. The fourth-order valence-corrected chi connectivity index (χ4v) is 2.81. The van der Waals surface area contributed by atoms with E-state index >= 15 is 0 Å². The molecule has 3 aromatic rings. The van der Waals surface area contributed by atoms with Gasteiger partial charge in [0.15, 0.2) is 5.76 Å². The molecule has 0 spiro atoms. The van der Waals surface area contributed by atoms with E-state index in [1.165, 1.54) is 18.2 Å². The van der Waals surface area contributed by atoms with Gasteiger partial charge in [-0.2, -0.15) is 18.3 Å². The molecule has 3 rings (SSSR count). The summed E-state index contributed by atoms with van der Waals surface area (Å²) in [6.07, 6.45) is -4.48. The third-order valence-corrected chi connectivity index (χ3v) is 5.08. The molecule has 2 heterocycles. The maximum absolute atomic E-state index is 12.8. The van der Waals surface area contributed by atoms with Gasteiger partial charge in [0, 0.05) is 5.69 Å². The molecule has 0 fully saturated rings. The number of hydrogen-bond acceptors (Lipinski definition) is 3. The SMILES string of the molecule is Cc1nn(Cc2ccc(C(=O)Nc3cccc(C(F)(F)F)c3)o2)c(C)c1Br. The Hall–Kier alpha value is -2.55. The molecule has 27 heavy (non-hydrogen) atoms. The highest BCUT2D eigenvalue weighted by Crippen LogP contribution is 2.30. The number of carbonyl (C=O) groups excluding carboxylic acids is 1. The molecule has 0 bridgehead atoms. The van der Waals surface area contributed by atoms with Gasteiger partial charge in [-0.15, -0.1) is 0 Å². The molecule has 0 unspecified atom stereocenters. The molecule has 0 aliphatic carbocycles. The van der Waals surface area contributed by atoms with Gasteiger partial charge in [-0.3, -0.25) is 9.48 Å². The maximum Gasteiger partial charge on any atom is 0.416 e. The molecule has 0 saturated heterocycles. The van der Waals surface area contributed by atoms with Crippen LogP contribution in [0.3, 0.4) is 0 Å². The van der Waals surface area contributed by atoms with Gasteiger partial charge in [-0.25, -0.2) is 0 Å². The van der Waals surface area contributed by atoms with Crippen LogP contribution in [0.2, 0.25) is 0 Å². The fraction of sp³-hybridized carbons (Fsp3) is 0.222. The number of rotatable bonds is 4. The van der Waals surface area contributed by atoms with Gasteiger partial charge in [0.2, 0.25) is 0 Å². The largest absolute Gasteiger partial charge is 0.454 e. The molecule has 0 atom stereocenters. The monoisotopic (exact) mass is 441 g/mol. The van der Waals surface area contributed by atoms with Crippen molar-refractivity contribution in [2.24, 2.45) is 0 Å². The second-order valence-electron chi connectivity index (χ2n) is 5.94. The Morgan fingerprint density at radius 3 is 2.63 bits per heavy atom. The van der Waals surface area contributed by atoms with Crippen molar-refractivity contribution >= 4 is 27.5 Å². The summed E-state index contributed by atoms with van der Waals surface area (Å²) in [5.74, 6) is -0.125. The first-order valence-electron chi connectivity index (χ1n) is 7.92. The van der Waals surface area contributed by atoms with E-state index in [1.54, 1.807) is 10.7 Å². The van der Waals surface area contributed by atoms with E-state index in [2.05, 4.69) is 26.3 Å². The van der Waals surface area contributed by atoms with E-state index in [0.717, 1.165) is 28.0 Å². The van der Waals surface area contributed by atoms with E-state index in [1.807, 2.05) is 13.8 Å². The number of hydrogen-bond donors (Lipinski definition) is 1. The zero-order valence-corrected chi connectivity index (χ0v) is 16.0. The molecule has 0 aliphatic rings. The lowest BCUT2D eigenvalue weighted by molar-refractivity contribution is -0.137. The van der Waals surface area contributed by atoms with E-state index in [4.69, 9.17) is 4.42 Å². The van der Waals surface area contributed by atoms with Gasteiger partial charge >= 0.3 is 6.18 Å². The molecule has 9 heteroatoms. The molecule has 1 aromatic carbocycles. The van der Waals surface area contributed by atoms with E-state index < -0.39 is 17.6 Å². The first-order valence-corrected chi connectivity index (χ1v) is 8.71. The quantitative estimate of drug-likeness (QED) is 0.606. The van der Waals surface area contributed by atoms with Gasteiger partial charge in [-0.1, -0.05) is 6.07 Å². The average molecular weight is 442 g/mol. The minimum atomic E-state index is -4.48. The van der Waals surface area contributed by atoms with Gasteiger partial charge in [-0.05, 0) is 60.1 Å². The number of benzene rings is 1. The van der Waals surface area contributed by atoms with Gasteiger partial charge < -0.3 is 9.73 Å². The maximum atomic E-state index is 12.8. The van der Waals surface area contributed by atoms with Crippen LogP contribution < -0.4 is 5.32 Å².